The molecule has 38 heavy (non-hydrogen) atoms. The summed E-state index contributed by atoms with van der Waals surface area (Å²) in [5.41, 5.74) is 2.11. The van der Waals surface area contributed by atoms with Crippen molar-refractivity contribution >= 4 is 23.1 Å². The second kappa shape index (κ2) is 10.7. The number of amides is 1. The van der Waals surface area contributed by atoms with E-state index >= 15 is 0 Å². The van der Waals surface area contributed by atoms with E-state index in [0.717, 1.165) is 0 Å². The first-order valence-electron chi connectivity index (χ1n) is 11.5. The smallest absolute Gasteiger partial charge is 0.388 e. The van der Waals surface area contributed by atoms with Crippen molar-refractivity contribution in [3.8, 4) is 28.8 Å². The summed E-state index contributed by atoms with van der Waals surface area (Å²) in [6, 6.07) is 12.1. The molecule has 0 atom stereocenters. The summed E-state index contributed by atoms with van der Waals surface area (Å²) in [7, 11) is 1.55. The van der Waals surface area contributed by atoms with E-state index < -0.39 is 12.0 Å². The minimum atomic E-state index is -3.04. The van der Waals surface area contributed by atoms with Crippen molar-refractivity contribution in [1.82, 2.24) is 24.9 Å². The maximum Gasteiger partial charge on any atom is 0.388 e. The van der Waals surface area contributed by atoms with Gasteiger partial charge < -0.3 is 20.1 Å². The molecule has 10 nitrogen and oxygen atoms in total. The summed E-state index contributed by atoms with van der Waals surface area (Å²) in [4.78, 5) is 20.4. The molecule has 0 spiro atoms. The molecular formula is C26H25F2N7O3. The second-order valence-corrected chi connectivity index (χ2v) is 9.08. The van der Waals surface area contributed by atoms with Gasteiger partial charge in [0.15, 0.2) is 5.82 Å². The van der Waals surface area contributed by atoms with E-state index in [9.17, 15) is 18.8 Å². The van der Waals surface area contributed by atoms with Crippen molar-refractivity contribution < 1.29 is 23.0 Å². The van der Waals surface area contributed by atoms with Gasteiger partial charge in [-0.05, 0) is 50.6 Å². The number of fused-ring (bicyclic) bond motifs is 1. The molecule has 4 aromatic heterocycles. The highest BCUT2D eigenvalue weighted by Gasteiger charge is 2.20. The van der Waals surface area contributed by atoms with Crippen LogP contribution in [-0.4, -0.2) is 45.8 Å². The molecule has 2 N–H and O–H groups in total. The van der Waals surface area contributed by atoms with Gasteiger partial charge in [-0.25, -0.2) is 14.5 Å². The van der Waals surface area contributed by atoms with Gasteiger partial charge in [0.25, 0.3) is 5.91 Å². The van der Waals surface area contributed by atoms with Gasteiger partial charge in [0.2, 0.25) is 5.88 Å². The summed E-state index contributed by atoms with van der Waals surface area (Å²) < 4.78 is 37.6. The van der Waals surface area contributed by atoms with E-state index in [1.165, 1.54) is 12.3 Å². The van der Waals surface area contributed by atoms with E-state index in [-0.39, 0.29) is 18.4 Å². The predicted molar refractivity (Wildman–Crippen MR) is 136 cm³/mol. The summed E-state index contributed by atoms with van der Waals surface area (Å²) in [5.74, 6) is 0.734. The number of carbonyl (C=O) groups excluding carboxylic acids is 1. The third-order valence-corrected chi connectivity index (χ3v) is 5.42. The molecule has 0 fully saturated rings. The minimum Gasteiger partial charge on any atom is -0.490 e. The number of nitrogens with one attached hydrogen (secondary N) is 2. The number of pyridine rings is 3. The van der Waals surface area contributed by atoms with Crippen molar-refractivity contribution in [2.24, 2.45) is 5.41 Å². The number of ether oxygens (including phenoxy) is 2. The Morgan fingerprint density at radius 1 is 1.21 bits per heavy atom. The molecule has 0 radical (unpaired) electrons. The third-order valence-electron chi connectivity index (χ3n) is 5.42. The zero-order valence-corrected chi connectivity index (χ0v) is 21.1. The lowest BCUT2D eigenvalue weighted by molar-refractivity contribution is -0.0528. The fourth-order valence-electron chi connectivity index (χ4n) is 3.57. The average Bonchev–Trinajstić information content (AvgIpc) is 3.28. The lowest BCUT2D eigenvalue weighted by Gasteiger charge is -2.18. The van der Waals surface area contributed by atoms with E-state index in [1.54, 1.807) is 68.9 Å². The van der Waals surface area contributed by atoms with Crippen molar-refractivity contribution in [2.75, 3.05) is 19.0 Å². The quantitative estimate of drug-likeness (QED) is 0.324. The van der Waals surface area contributed by atoms with Crippen LogP contribution in [-0.2, 0) is 0 Å². The average molecular weight is 522 g/mol. The molecule has 0 aromatic carbocycles. The van der Waals surface area contributed by atoms with Crippen molar-refractivity contribution in [3.05, 3.63) is 60.0 Å². The van der Waals surface area contributed by atoms with Gasteiger partial charge in [0, 0.05) is 42.2 Å². The van der Waals surface area contributed by atoms with Gasteiger partial charge in [-0.15, -0.1) is 0 Å². The van der Waals surface area contributed by atoms with Crippen LogP contribution in [0, 0.1) is 23.7 Å². The van der Waals surface area contributed by atoms with E-state index in [4.69, 9.17) is 4.74 Å². The zero-order chi connectivity index (χ0) is 27.4. The molecule has 4 aromatic rings. The number of hydrogen-bond donors (Lipinski definition) is 2. The standard InChI is InChI=1S/C26H25F2N7O3/c1-15-7-17(24(36)30-4)9-21(32-15)33-22-10-18-8-16(5-6-35(18)34-22)19-11-23(38-25(27)28)31-12-20(19)37-14-26(2,3)13-29/h5-12,25H,14H2,1-4H3,(H,30,36)(H,32,33,34). The molecule has 0 aliphatic heterocycles. The molecule has 196 valence electrons. The minimum absolute atomic E-state index is 0.0672. The van der Waals surface area contributed by atoms with Gasteiger partial charge in [0.1, 0.15) is 18.2 Å². The van der Waals surface area contributed by atoms with Gasteiger partial charge in [-0.2, -0.15) is 19.1 Å². The molecule has 12 heteroatoms. The Labute approximate surface area is 217 Å². The Balaban J connectivity index is 1.68. The van der Waals surface area contributed by atoms with Crippen LogP contribution in [0.15, 0.2) is 48.8 Å². The van der Waals surface area contributed by atoms with Crippen LogP contribution in [0.3, 0.4) is 0 Å². The van der Waals surface area contributed by atoms with Crippen LogP contribution >= 0.6 is 0 Å². The molecule has 0 aliphatic rings. The van der Waals surface area contributed by atoms with Crippen LogP contribution in [0.25, 0.3) is 16.6 Å². The third kappa shape index (κ3) is 6.12. The number of anilines is 2. The van der Waals surface area contributed by atoms with Crippen molar-refractivity contribution in [1.29, 1.82) is 5.26 Å². The van der Waals surface area contributed by atoms with E-state index in [1.807, 2.05) is 0 Å². The van der Waals surface area contributed by atoms with Gasteiger partial charge in [-0.3, -0.25) is 4.79 Å². The molecule has 0 saturated heterocycles. The molecule has 4 heterocycles. The number of nitriles is 1. The summed E-state index contributed by atoms with van der Waals surface area (Å²) in [6.07, 6.45) is 2.99. The Morgan fingerprint density at radius 3 is 2.71 bits per heavy atom. The molecule has 0 unspecified atom stereocenters. The molecule has 1 amide bonds. The highest BCUT2D eigenvalue weighted by atomic mass is 19.3. The summed E-state index contributed by atoms with van der Waals surface area (Å²) in [6.45, 7) is 2.26. The molecule has 0 aliphatic carbocycles. The number of aromatic nitrogens is 4. The maximum absolute atomic E-state index is 12.8. The Kier molecular flexibility index (Phi) is 7.38. The molecule has 4 rings (SSSR count). The largest absolute Gasteiger partial charge is 0.490 e. The number of alkyl halides is 2. The van der Waals surface area contributed by atoms with E-state index in [2.05, 4.69) is 36.5 Å². The van der Waals surface area contributed by atoms with E-state index in [0.29, 0.717) is 45.3 Å². The monoisotopic (exact) mass is 521 g/mol. The lowest BCUT2D eigenvalue weighted by Crippen LogP contribution is -2.19. The van der Waals surface area contributed by atoms with Gasteiger partial charge in [-0.1, -0.05) is 0 Å². The van der Waals surface area contributed by atoms with Crippen LogP contribution < -0.4 is 20.1 Å². The highest BCUT2D eigenvalue weighted by molar-refractivity contribution is 5.95. The fourth-order valence-corrected chi connectivity index (χ4v) is 3.57. The molecule has 0 bridgehead atoms. The molecule has 0 saturated carbocycles. The van der Waals surface area contributed by atoms with Gasteiger partial charge >= 0.3 is 6.61 Å². The SMILES string of the molecule is CNC(=O)c1cc(C)nc(Nc2cc3cc(-c4cc(OC(F)F)ncc4OCC(C)(C)C#N)ccn3n2)c1. The summed E-state index contributed by atoms with van der Waals surface area (Å²) in [5, 5.41) is 19.5. The first-order chi connectivity index (χ1) is 18.1. The predicted octanol–water partition coefficient (Wildman–Crippen LogP) is 4.73. The number of aryl methyl sites for hydroxylation is 1. The first kappa shape index (κ1) is 26.3. The Morgan fingerprint density at radius 2 is 2.00 bits per heavy atom. The molecular weight excluding hydrogens is 496 g/mol. The number of nitrogens with zero attached hydrogens (tertiary/aromatic N) is 5. The Hall–Kier alpha value is -4.79. The van der Waals surface area contributed by atoms with Gasteiger partial charge in [0.05, 0.1) is 23.2 Å². The van der Waals surface area contributed by atoms with Crippen molar-refractivity contribution in [3.63, 3.8) is 0 Å². The normalized spacial score (nSPS) is 11.3. The maximum atomic E-state index is 12.8. The topological polar surface area (TPSA) is 126 Å². The zero-order valence-electron chi connectivity index (χ0n) is 21.1. The number of halogens is 2. The fraction of sp³-hybridized carbons (Fsp3) is 0.269. The van der Waals surface area contributed by atoms with Crippen LogP contribution in [0.1, 0.15) is 29.9 Å². The lowest BCUT2D eigenvalue weighted by atomic mass is 9.97. The van der Waals surface area contributed by atoms with Crippen LogP contribution in [0.5, 0.6) is 11.6 Å². The van der Waals surface area contributed by atoms with Crippen molar-refractivity contribution in [2.45, 2.75) is 27.4 Å². The van der Waals surface area contributed by atoms with Crippen LogP contribution in [0.4, 0.5) is 20.4 Å². The number of hydrogen-bond acceptors (Lipinski definition) is 8. The Bertz CT molecular complexity index is 1530. The highest BCUT2D eigenvalue weighted by Crippen LogP contribution is 2.34. The number of rotatable bonds is 9. The number of carbonyl (C=O) groups is 1. The first-order valence-corrected chi connectivity index (χ1v) is 11.5. The summed E-state index contributed by atoms with van der Waals surface area (Å²) >= 11 is 0. The second-order valence-electron chi connectivity index (χ2n) is 9.08. The van der Waals surface area contributed by atoms with Crippen LogP contribution in [0.2, 0.25) is 0 Å².